The molecule has 0 aromatic heterocycles. The molecule has 1 aliphatic rings. The molecule has 0 fully saturated rings. The van der Waals surface area contributed by atoms with Gasteiger partial charge in [-0.05, 0) is 12.0 Å². The second-order valence-corrected chi connectivity index (χ2v) is 4.54. The van der Waals surface area contributed by atoms with Crippen molar-refractivity contribution >= 4 is 5.69 Å². The molecule has 0 saturated heterocycles. The number of hydrogen-bond donors (Lipinski definition) is 0. The highest BCUT2D eigenvalue weighted by atomic mass is 16.7. The number of hydrogen-bond acceptors (Lipinski definition) is 4. The lowest BCUT2D eigenvalue weighted by Crippen LogP contribution is -2.26. The normalized spacial score (nSPS) is 18.6. The van der Waals surface area contributed by atoms with Crippen LogP contribution in [0.25, 0.3) is 0 Å². The lowest BCUT2D eigenvalue weighted by atomic mass is 10.1. The van der Waals surface area contributed by atoms with Crippen LogP contribution in [-0.2, 0) is 11.3 Å². The predicted molar refractivity (Wildman–Crippen MR) is 61.8 cm³/mol. The van der Waals surface area contributed by atoms with Crippen LogP contribution in [-0.4, -0.2) is 11.2 Å². The van der Waals surface area contributed by atoms with E-state index >= 15 is 0 Å². The first-order chi connectivity index (χ1) is 8.06. The van der Waals surface area contributed by atoms with E-state index in [9.17, 15) is 10.1 Å². The minimum atomic E-state index is -0.416. The Balaban J connectivity index is 2.14. The van der Waals surface area contributed by atoms with E-state index in [4.69, 9.17) is 9.47 Å². The lowest BCUT2D eigenvalue weighted by molar-refractivity contribution is -0.385. The summed E-state index contributed by atoms with van der Waals surface area (Å²) in [5.41, 5.74) is 0.803. The molecule has 2 rings (SSSR count). The number of nitro benzene ring substituents is 1. The van der Waals surface area contributed by atoms with Crippen LogP contribution in [0.5, 0.6) is 5.75 Å². The summed E-state index contributed by atoms with van der Waals surface area (Å²) >= 11 is 0. The molecular weight excluding hydrogens is 222 g/mol. The fraction of sp³-hybridized carbons (Fsp3) is 0.500. The molecule has 0 spiro atoms. The van der Waals surface area contributed by atoms with Crippen molar-refractivity contribution < 1.29 is 14.4 Å². The minimum Gasteiger partial charge on any atom is -0.465 e. The minimum absolute atomic E-state index is 0.0678. The molecule has 1 aromatic carbocycles. The maximum atomic E-state index is 10.6. The van der Waals surface area contributed by atoms with Crippen LogP contribution in [0.2, 0.25) is 0 Å². The first kappa shape index (κ1) is 11.9. The summed E-state index contributed by atoms with van der Waals surface area (Å²) in [6.07, 6.45) is 0.570. The van der Waals surface area contributed by atoms with Crippen molar-refractivity contribution in [1.82, 2.24) is 0 Å². The summed E-state index contributed by atoms with van der Waals surface area (Å²) in [4.78, 5) is 10.2. The standard InChI is InChI=1S/C12H15NO4/c1-8(2)5-12-16-7-9-6-10(13(14)15)3-4-11(9)17-12/h3-4,6,8,12H,5,7H2,1-2H3/t12-/m0/s1. The number of ether oxygens (including phenoxy) is 2. The highest BCUT2D eigenvalue weighted by Crippen LogP contribution is 2.31. The van der Waals surface area contributed by atoms with Crippen LogP contribution in [0, 0.1) is 16.0 Å². The zero-order valence-corrected chi connectivity index (χ0v) is 9.88. The highest BCUT2D eigenvalue weighted by molar-refractivity contribution is 5.44. The van der Waals surface area contributed by atoms with Crippen LogP contribution in [0.3, 0.4) is 0 Å². The molecule has 92 valence electrons. The third-order valence-electron chi connectivity index (χ3n) is 2.60. The molecule has 0 saturated carbocycles. The van der Waals surface area contributed by atoms with E-state index in [1.54, 1.807) is 6.07 Å². The molecule has 0 unspecified atom stereocenters. The molecule has 0 radical (unpaired) electrons. The van der Waals surface area contributed by atoms with E-state index in [1.165, 1.54) is 12.1 Å². The Hall–Kier alpha value is -1.62. The molecule has 17 heavy (non-hydrogen) atoms. The topological polar surface area (TPSA) is 61.6 Å². The number of benzene rings is 1. The average Bonchev–Trinajstić information content (AvgIpc) is 2.27. The maximum Gasteiger partial charge on any atom is 0.270 e. The van der Waals surface area contributed by atoms with Crippen LogP contribution in [0.4, 0.5) is 5.69 Å². The third kappa shape index (κ3) is 2.74. The van der Waals surface area contributed by atoms with E-state index in [2.05, 4.69) is 13.8 Å². The second-order valence-electron chi connectivity index (χ2n) is 4.54. The maximum absolute atomic E-state index is 10.6. The Kier molecular flexibility index (Phi) is 3.28. The van der Waals surface area contributed by atoms with Crippen LogP contribution in [0.1, 0.15) is 25.8 Å². The van der Waals surface area contributed by atoms with Crippen molar-refractivity contribution in [2.45, 2.75) is 33.2 Å². The van der Waals surface area contributed by atoms with E-state index < -0.39 is 4.92 Å². The first-order valence-electron chi connectivity index (χ1n) is 5.62. The Morgan fingerprint density at radius 2 is 2.29 bits per heavy atom. The van der Waals surface area contributed by atoms with E-state index in [1.807, 2.05) is 0 Å². The smallest absolute Gasteiger partial charge is 0.270 e. The zero-order chi connectivity index (χ0) is 12.4. The molecule has 1 aromatic rings. The Morgan fingerprint density at radius 1 is 1.53 bits per heavy atom. The molecule has 1 aliphatic heterocycles. The second kappa shape index (κ2) is 4.71. The molecule has 1 heterocycles. The van der Waals surface area contributed by atoms with Gasteiger partial charge in [-0.2, -0.15) is 0 Å². The predicted octanol–water partition coefficient (Wildman–Crippen LogP) is 2.88. The summed E-state index contributed by atoms with van der Waals surface area (Å²) in [6, 6.07) is 4.60. The quantitative estimate of drug-likeness (QED) is 0.599. The molecule has 0 amide bonds. The van der Waals surface area contributed by atoms with Crippen LogP contribution < -0.4 is 4.74 Å². The summed E-state index contributed by atoms with van der Waals surface area (Å²) in [5, 5.41) is 10.6. The van der Waals surface area contributed by atoms with E-state index in [0.29, 0.717) is 18.3 Å². The third-order valence-corrected chi connectivity index (χ3v) is 2.60. The van der Waals surface area contributed by atoms with Gasteiger partial charge < -0.3 is 9.47 Å². The number of rotatable bonds is 3. The number of fused-ring (bicyclic) bond motifs is 1. The SMILES string of the molecule is CC(C)C[C@H]1OCc2cc([N+](=O)[O-])ccc2O1. The summed E-state index contributed by atoms with van der Waals surface area (Å²) in [7, 11) is 0. The van der Waals surface area contributed by atoms with Gasteiger partial charge in [0.05, 0.1) is 11.5 Å². The summed E-state index contributed by atoms with van der Waals surface area (Å²) in [5.74, 6) is 1.17. The van der Waals surface area contributed by atoms with Crippen molar-refractivity contribution in [3.63, 3.8) is 0 Å². The number of non-ortho nitro benzene ring substituents is 1. The lowest BCUT2D eigenvalue weighted by Gasteiger charge is -2.27. The average molecular weight is 237 g/mol. The number of nitrogens with zero attached hydrogens (tertiary/aromatic N) is 1. The van der Waals surface area contributed by atoms with Crippen molar-refractivity contribution in [1.29, 1.82) is 0 Å². The molecule has 5 nitrogen and oxygen atoms in total. The molecule has 0 bridgehead atoms. The Labute approximate surface area is 99.5 Å². The first-order valence-corrected chi connectivity index (χ1v) is 5.62. The zero-order valence-electron chi connectivity index (χ0n) is 9.88. The highest BCUT2D eigenvalue weighted by Gasteiger charge is 2.22. The van der Waals surface area contributed by atoms with Gasteiger partial charge in [-0.15, -0.1) is 0 Å². The van der Waals surface area contributed by atoms with Gasteiger partial charge in [0.2, 0.25) is 0 Å². The number of nitro groups is 1. The van der Waals surface area contributed by atoms with Crippen molar-refractivity contribution in [2.24, 2.45) is 5.92 Å². The van der Waals surface area contributed by atoms with Gasteiger partial charge >= 0.3 is 0 Å². The van der Waals surface area contributed by atoms with Gasteiger partial charge in [-0.3, -0.25) is 10.1 Å². The van der Waals surface area contributed by atoms with Crippen LogP contribution in [0.15, 0.2) is 18.2 Å². The van der Waals surface area contributed by atoms with Crippen molar-refractivity contribution in [3.8, 4) is 5.75 Å². The molecule has 1 atom stereocenters. The van der Waals surface area contributed by atoms with Crippen molar-refractivity contribution in [2.75, 3.05) is 0 Å². The fourth-order valence-electron chi connectivity index (χ4n) is 1.77. The van der Waals surface area contributed by atoms with Gasteiger partial charge in [-0.1, -0.05) is 13.8 Å². The molecule has 0 N–H and O–H groups in total. The van der Waals surface area contributed by atoms with Gasteiger partial charge in [0, 0.05) is 24.1 Å². The van der Waals surface area contributed by atoms with Gasteiger partial charge in [-0.25, -0.2) is 0 Å². The largest absolute Gasteiger partial charge is 0.465 e. The summed E-state index contributed by atoms with van der Waals surface area (Å²) < 4.78 is 11.1. The van der Waals surface area contributed by atoms with Gasteiger partial charge in [0.1, 0.15) is 5.75 Å². The van der Waals surface area contributed by atoms with Crippen LogP contribution >= 0.6 is 0 Å². The molecular formula is C12H15NO4. The van der Waals surface area contributed by atoms with Crippen molar-refractivity contribution in [3.05, 3.63) is 33.9 Å². The summed E-state index contributed by atoms with van der Waals surface area (Å²) in [6.45, 7) is 4.56. The van der Waals surface area contributed by atoms with Gasteiger partial charge in [0.15, 0.2) is 6.29 Å². The Morgan fingerprint density at radius 3 is 2.94 bits per heavy atom. The van der Waals surface area contributed by atoms with E-state index in [-0.39, 0.29) is 12.0 Å². The Bertz CT molecular complexity index is 431. The van der Waals surface area contributed by atoms with Gasteiger partial charge in [0.25, 0.3) is 5.69 Å². The fourth-order valence-corrected chi connectivity index (χ4v) is 1.77. The van der Waals surface area contributed by atoms with E-state index in [0.717, 1.165) is 12.0 Å². The molecule has 0 aliphatic carbocycles. The molecule has 5 heteroatoms. The monoisotopic (exact) mass is 237 g/mol.